The van der Waals surface area contributed by atoms with Crippen molar-refractivity contribution in [1.82, 2.24) is 14.8 Å². The number of carbonyl (C=O) groups excluding carboxylic acids is 2. The smallest absolute Gasteiger partial charge is 0.292 e. The van der Waals surface area contributed by atoms with E-state index in [1.165, 1.54) is 11.3 Å². The van der Waals surface area contributed by atoms with E-state index in [-0.39, 0.29) is 31.3 Å². The van der Waals surface area contributed by atoms with Crippen molar-refractivity contribution in [2.75, 3.05) is 26.2 Å². The third-order valence-corrected chi connectivity index (χ3v) is 3.35. The van der Waals surface area contributed by atoms with Gasteiger partial charge in [0.05, 0.1) is 11.8 Å². The van der Waals surface area contributed by atoms with Gasteiger partial charge in [0.25, 0.3) is 5.91 Å². The summed E-state index contributed by atoms with van der Waals surface area (Å²) in [7, 11) is 0. The van der Waals surface area contributed by atoms with Crippen LogP contribution in [0, 0.1) is 12.8 Å². The van der Waals surface area contributed by atoms with Crippen molar-refractivity contribution in [3.63, 3.8) is 0 Å². The van der Waals surface area contributed by atoms with Crippen LogP contribution in [0.15, 0.2) is 10.8 Å². The molecule has 7 heteroatoms. The fourth-order valence-electron chi connectivity index (χ4n) is 2.42. The molecule has 1 aliphatic rings. The second kappa shape index (κ2) is 6.26. The Morgan fingerprint density at radius 2 is 2.24 bits per heavy atom. The molecule has 116 valence electrons. The number of aliphatic hydroxyl groups excluding tert-OH is 1. The fourth-order valence-corrected chi connectivity index (χ4v) is 2.42. The summed E-state index contributed by atoms with van der Waals surface area (Å²) in [6, 6.07) is 0. The van der Waals surface area contributed by atoms with Crippen molar-refractivity contribution in [1.29, 1.82) is 0 Å². The van der Waals surface area contributed by atoms with E-state index in [4.69, 9.17) is 4.42 Å². The van der Waals surface area contributed by atoms with Crippen LogP contribution in [-0.4, -0.2) is 64.0 Å². The topological polar surface area (TPSA) is 86.9 Å². The van der Waals surface area contributed by atoms with Crippen LogP contribution in [0.2, 0.25) is 0 Å². The molecule has 1 fully saturated rings. The van der Waals surface area contributed by atoms with Crippen molar-refractivity contribution in [3.05, 3.63) is 17.8 Å². The molecule has 0 aromatic carbocycles. The molecule has 2 heterocycles. The zero-order valence-corrected chi connectivity index (χ0v) is 12.6. The van der Waals surface area contributed by atoms with Gasteiger partial charge in [-0.05, 0) is 12.8 Å². The van der Waals surface area contributed by atoms with Gasteiger partial charge in [-0.15, -0.1) is 0 Å². The molecule has 2 amide bonds. The lowest BCUT2D eigenvalue weighted by Crippen LogP contribution is -2.40. The van der Waals surface area contributed by atoms with Crippen LogP contribution in [0.3, 0.4) is 0 Å². The Bertz CT molecular complexity index is 526. The highest BCUT2D eigenvalue weighted by Gasteiger charge is 2.31. The molecule has 1 saturated heterocycles. The summed E-state index contributed by atoms with van der Waals surface area (Å²) in [5.74, 6) is -0.151. The van der Waals surface area contributed by atoms with Gasteiger partial charge in [0.15, 0.2) is 6.39 Å². The first-order chi connectivity index (χ1) is 9.88. The predicted octanol–water partition coefficient (Wildman–Crippen LogP) is 0.284. The Balaban J connectivity index is 2.14. The minimum absolute atomic E-state index is 0.0528. The van der Waals surface area contributed by atoms with E-state index >= 15 is 0 Å². The average Bonchev–Trinajstić information content (AvgIpc) is 2.76. The van der Waals surface area contributed by atoms with Gasteiger partial charge in [0.2, 0.25) is 11.7 Å². The number of carbonyl (C=O) groups is 2. The standard InChI is InChI=1S/C14H21N3O4/c1-9(2)4-16-5-11(18)6-17(7-12(16)19)14(20)13-10(3)15-8-21-13/h8-9,11,18H,4-7H2,1-3H3. The third kappa shape index (κ3) is 3.60. The van der Waals surface area contributed by atoms with E-state index in [1.54, 1.807) is 11.8 Å². The van der Waals surface area contributed by atoms with Crippen molar-refractivity contribution < 1.29 is 19.1 Å². The molecule has 1 aromatic rings. The first kappa shape index (κ1) is 15.5. The summed E-state index contributed by atoms with van der Waals surface area (Å²) in [4.78, 5) is 31.4. The SMILES string of the molecule is Cc1ncoc1C(=O)N1CC(=O)N(CC(C)C)CC(O)C1. The van der Waals surface area contributed by atoms with Crippen LogP contribution in [0.1, 0.15) is 30.1 Å². The molecule has 1 aliphatic heterocycles. The van der Waals surface area contributed by atoms with Crippen molar-refractivity contribution in [2.24, 2.45) is 5.92 Å². The molecule has 1 N–H and O–H groups in total. The number of hydrogen-bond acceptors (Lipinski definition) is 5. The van der Waals surface area contributed by atoms with Gasteiger partial charge in [0, 0.05) is 19.6 Å². The van der Waals surface area contributed by atoms with Gasteiger partial charge in [-0.1, -0.05) is 13.8 Å². The van der Waals surface area contributed by atoms with Crippen LogP contribution in [0.25, 0.3) is 0 Å². The zero-order chi connectivity index (χ0) is 15.6. The molecule has 1 atom stereocenters. The summed E-state index contributed by atoms with van der Waals surface area (Å²) in [6.07, 6.45) is 0.436. The zero-order valence-electron chi connectivity index (χ0n) is 12.6. The van der Waals surface area contributed by atoms with Gasteiger partial charge >= 0.3 is 0 Å². The van der Waals surface area contributed by atoms with E-state index in [9.17, 15) is 14.7 Å². The van der Waals surface area contributed by atoms with Gasteiger partial charge in [-0.25, -0.2) is 4.98 Å². The lowest BCUT2D eigenvalue weighted by Gasteiger charge is -2.23. The molecule has 1 unspecified atom stereocenters. The first-order valence-electron chi connectivity index (χ1n) is 7.03. The summed E-state index contributed by atoms with van der Waals surface area (Å²) < 4.78 is 5.07. The predicted molar refractivity (Wildman–Crippen MR) is 74.6 cm³/mol. The molecule has 2 rings (SSSR count). The number of hydrogen-bond donors (Lipinski definition) is 1. The van der Waals surface area contributed by atoms with Crippen molar-refractivity contribution in [2.45, 2.75) is 26.9 Å². The Morgan fingerprint density at radius 3 is 2.81 bits per heavy atom. The molecule has 0 aliphatic carbocycles. The molecule has 7 nitrogen and oxygen atoms in total. The summed E-state index contributed by atoms with van der Waals surface area (Å²) >= 11 is 0. The minimum atomic E-state index is -0.762. The van der Waals surface area contributed by atoms with Gasteiger partial charge in [-0.3, -0.25) is 9.59 Å². The number of aliphatic hydroxyl groups is 1. The first-order valence-corrected chi connectivity index (χ1v) is 7.03. The van der Waals surface area contributed by atoms with Crippen LogP contribution in [0.4, 0.5) is 0 Å². The highest BCUT2D eigenvalue weighted by molar-refractivity contribution is 5.95. The molecule has 21 heavy (non-hydrogen) atoms. The Morgan fingerprint density at radius 1 is 1.52 bits per heavy atom. The van der Waals surface area contributed by atoms with Crippen LogP contribution >= 0.6 is 0 Å². The summed E-state index contributed by atoms with van der Waals surface area (Å²) in [5, 5.41) is 10.0. The highest BCUT2D eigenvalue weighted by Crippen LogP contribution is 2.14. The third-order valence-electron chi connectivity index (χ3n) is 3.35. The van der Waals surface area contributed by atoms with Crippen molar-refractivity contribution >= 4 is 11.8 Å². The summed E-state index contributed by atoms with van der Waals surface area (Å²) in [6.45, 7) is 6.55. The Labute approximate surface area is 123 Å². The van der Waals surface area contributed by atoms with E-state index < -0.39 is 12.0 Å². The number of aryl methyl sites for hydroxylation is 1. The van der Waals surface area contributed by atoms with Crippen LogP contribution in [-0.2, 0) is 4.79 Å². The molecule has 0 bridgehead atoms. The maximum atomic E-state index is 12.4. The Kier molecular flexibility index (Phi) is 4.62. The lowest BCUT2D eigenvalue weighted by molar-refractivity contribution is -0.131. The van der Waals surface area contributed by atoms with E-state index in [2.05, 4.69) is 4.98 Å². The average molecular weight is 295 g/mol. The second-order valence-corrected chi connectivity index (χ2v) is 5.80. The molecule has 0 spiro atoms. The molecule has 0 saturated carbocycles. The maximum Gasteiger partial charge on any atom is 0.292 e. The van der Waals surface area contributed by atoms with Gasteiger partial charge < -0.3 is 19.3 Å². The molecule has 1 aromatic heterocycles. The molecular formula is C14H21N3O4. The van der Waals surface area contributed by atoms with Crippen molar-refractivity contribution in [3.8, 4) is 0 Å². The lowest BCUT2D eigenvalue weighted by atomic mass is 10.2. The van der Waals surface area contributed by atoms with Gasteiger partial charge in [0.1, 0.15) is 6.54 Å². The molecular weight excluding hydrogens is 274 g/mol. The van der Waals surface area contributed by atoms with Crippen LogP contribution < -0.4 is 0 Å². The highest BCUT2D eigenvalue weighted by atomic mass is 16.4. The van der Waals surface area contributed by atoms with E-state index in [0.717, 1.165) is 0 Å². The second-order valence-electron chi connectivity index (χ2n) is 5.80. The van der Waals surface area contributed by atoms with E-state index in [0.29, 0.717) is 18.2 Å². The van der Waals surface area contributed by atoms with E-state index in [1.807, 2.05) is 13.8 Å². The van der Waals surface area contributed by atoms with Crippen LogP contribution in [0.5, 0.6) is 0 Å². The largest absolute Gasteiger partial charge is 0.438 e. The monoisotopic (exact) mass is 295 g/mol. The number of aromatic nitrogens is 1. The fraction of sp³-hybridized carbons (Fsp3) is 0.643. The van der Waals surface area contributed by atoms with Gasteiger partial charge in [-0.2, -0.15) is 0 Å². The number of β-amino-alcohol motifs (C(OH)–C–C–N with tert-alkyl or cyclic N) is 1. The normalized spacial score (nSPS) is 20.0. The number of oxazole rings is 1. The number of rotatable bonds is 3. The maximum absolute atomic E-state index is 12.4. The molecule has 0 radical (unpaired) electrons. The number of amides is 2. The number of nitrogens with zero attached hydrogens (tertiary/aromatic N) is 3. The minimum Gasteiger partial charge on any atom is -0.438 e. The summed E-state index contributed by atoms with van der Waals surface area (Å²) in [5.41, 5.74) is 0.477. The Hall–Kier alpha value is -1.89. The quantitative estimate of drug-likeness (QED) is 0.865.